The van der Waals surface area contributed by atoms with Gasteiger partial charge in [-0.2, -0.15) is 0 Å². The molecule has 5 nitrogen and oxygen atoms in total. The zero-order valence-electron chi connectivity index (χ0n) is 10.0. The third kappa shape index (κ3) is 2.58. The van der Waals surface area contributed by atoms with E-state index in [0.717, 1.165) is 19.3 Å². The van der Waals surface area contributed by atoms with Crippen molar-refractivity contribution >= 4 is 15.8 Å². The summed E-state index contributed by atoms with van der Waals surface area (Å²) < 4.78 is 27.0. The van der Waals surface area contributed by atoms with E-state index in [1.165, 1.54) is 18.3 Å². The van der Waals surface area contributed by atoms with Crippen LogP contribution in [0.3, 0.4) is 0 Å². The Hall–Kier alpha value is -1.14. The highest BCUT2D eigenvalue weighted by atomic mass is 32.2. The minimum atomic E-state index is -3.44. The first-order valence-corrected chi connectivity index (χ1v) is 7.11. The van der Waals surface area contributed by atoms with Crippen LogP contribution in [0, 0.1) is 0 Å². The van der Waals surface area contributed by atoms with Crippen molar-refractivity contribution in [1.82, 2.24) is 9.71 Å². The van der Waals surface area contributed by atoms with Gasteiger partial charge in [0.2, 0.25) is 10.0 Å². The van der Waals surface area contributed by atoms with Gasteiger partial charge in [0.05, 0.1) is 4.90 Å². The van der Waals surface area contributed by atoms with Crippen LogP contribution in [-0.2, 0) is 10.0 Å². The maximum atomic E-state index is 12.1. The highest BCUT2D eigenvalue weighted by Crippen LogP contribution is 2.32. The second kappa shape index (κ2) is 4.27. The van der Waals surface area contributed by atoms with Crippen molar-refractivity contribution in [3.8, 4) is 0 Å². The van der Waals surface area contributed by atoms with Crippen LogP contribution in [0.1, 0.15) is 26.2 Å². The smallest absolute Gasteiger partial charge is 0.241 e. The molecule has 0 spiro atoms. The van der Waals surface area contributed by atoms with Crippen LogP contribution in [0.25, 0.3) is 0 Å². The summed E-state index contributed by atoms with van der Waals surface area (Å²) in [6.45, 7) is 1.94. The van der Waals surface area contributed by atoms with E-state index in [9.17, 15) is 8.42 Å². The Balaban J connectivity index is 2.24. The fraction of sp³-hybridized carbons (Fsp3) is 0.545. The molecule has 1 aliphatic carbocycles. The Bertz CT molecular complexity index is 509. The van der Waals surface area contributed by atoms with Crippen molar-refractivity contribution in [2.24, 2.45) is 0 Å². The van der Waals surface area contributed by atoms with E-state index in [4.69, 9.17) is 0 Å². The number of aromatic nitrogens is 1. The summed E-state index contributed by atoms with van der Waals surface area (Å²) in [5.41, 5.74) is -0.276. The average Bonchev–Trinajstić information content (AvgIpc) is 2.26. The Morgan fingerprint density at radius 2 is 2.12 bits per heavy atom. The van der Waals surface area contributed by atoms with Gasteiger partial charge in [-0.05, 0) is 32.3 Å². The lowest BCUT2D eigenvalue weighted by Gasteiger charge is -2.38. The lowest BCUT2D eigenvalue weighted by Crippen LogP contribution is -2.50. The number of nitrogens with zero attached hydrogens (tertiary/aromatic N) is 1. The molecule has 0 aromatic carbocycles. The molecule has 1 heterocycles. The van der Waals surface area contributed by atoms with Gasteiger partial charge < -0.3 is 5.32 Å². The first kappa shape index (κ1) is 12.3. The van der Waals surface area contributed by atoms with Gasteiger partial charge in [0.15, 0.2) is 0 Å². The van der Waals surface area contributed by atoms with Crippen molar-refractivity contribution in [3.63, 3.8) is 0 Å². The van der Waals surface area contributed by atoms with Gasteiger partial charge in [-0.15, -0.1) is 0 Å². The monoisotopic (exact) mass is 255 g/mol. The molecule has 17 heavy (non-hydrogen) atoms. The number of pyridine rings is 1. The summed E-state index contributed by atoms with van der Waals surface area (Å²) in [5.74, 6) is 0.548. The minimum absolute atomic E-state index is 0.255. The van der Waals surface area contributed by atoms with Crippen LogP contribution in [0.15, 0.2) is 23.2 Å². The van der Waals surface area contributed by atoms with Crippen molar-refractivity contribution < 1.29 is 8.42 Å². The van der Waals surface area contributed by atoms with Crippen LogP contribution in [0.5, 0.6) is 0 Å². The number of rotatable bonds is 4. The first-order chi connectivity index (χ1) is 7.95. The molecule has 1 saturated carbocycles. The average molecular weight is 255 g/mol. The highest BCUT2D eigenvalue weighted by Gasteiger charge is 2.36. The molecule has 0 atom stereocenters. The molecule has 2 rings (SSSR count). The predicted octanol–water partition coefficient (Wildman–Crippen LogP) is 1.34. The molecule has 0 radical (unpaired) electrons. The third-order valence-corrected chi connectivity index (χ3v) is 4.77. The van der Waals surface area contributed by atoms with E-state index in [0.29, 0.717) is 5.82 Å². The molecule has 0 aliphatic heterocycles. The van der Waals surface area contributed by atoms with Gasteiger partial charge in [0, 0.05) is 24.8 Å². The van der Waals surface area contributed by atoms with E-state index in [1.807, 2.05) is 6.92 Å². The fourth-order valence-corrected chi connectivity index (χ4v) is 3.39. The largest absolute Gasteiger partial charge is 0.373 e. The van der Waals surface area contributed by atoms with Crippen molar-refractivity contribution in [3.05, 3.63) is 18.3 Å². The molecular formula is C11H17N3O2S. The van der Waals surface area contributed by atoms with E-state index in [-0.39, 0.29) is 10.4 Å². The summed E-state index contributed by atoms with van der Waals surface area (Å²) in [6.07, 6.45) is 4.37. The Kier molecular flexibility index (Phi) is 3.09. The molecule has 1 aliphatic rings. The second-order valence-corrected chi connectivity index (χ2v) is 6.33. The van der Waals surface area contributed by atoms with Crippen molar-refractivity contribution in [1.29, 1.82) is 0 Å². The second-order valence-electron chi connectivity index (χ2n) is 4.65. The molecule has 2 N–H and O–H groups in total. The molecule has 0 bridgehead atoms. The Labute approximate surface area is 102 Å². The van der Waals surface area contributed by atoms with E-state index in [1.54, 1.807) is 7.05 Å². The molecule has 0 saturated heterocycles. The molecular weight excluding hydrogens is 238 g/mol. The maximum absolute atomic E-state index is 12.1. The van der Waals surface area contributed by atoms with Gasteiger partial charge in [0.25, 0.3) is 0 Å². The standard InChI is InChI=1S/C11H17N3O2S/c1-11(5-3-6-11)14-17(15,16)9-4-7-13-10(8-9)12-2/h4,7-8,14H,3,5-6H2,1-2H3,(H,12,13). The van der Waals surface area contributed by atoms with Crippen molar-refractivity contribution in [2.45, 2.75) is 36.6 Å². The van der Waals surface area contributed by atoms with Gasteiger partial charge in [0.1, 0.15) is 5.82 Å². The van der Waals surface area contributed by atoms with Crippen molar-refractivity contribution in [2.75, 3.05) is 12.4 Å². The summed E-state index contributed by atoms with van der Waals surface area (Å²) in [6, 6.07) is 3.04. The van der Waals surface area contributed by atoms with Crippen LogP contribution in [0.2, 0.25) is 0 Å². The lowest BCUT2D eigenvalue weighted by atomic mass is 9.80. The minimum Gasteiger partial charge on any atom is -0.373 e. The summed E-state index contributed by atoms with van der Waals surface area (Å²) in [7, 11) is -1.73. The van der Waals surface area contributed by atoms with Gasteiger partial charge in [-0.3, -0.25) is 0 Å². The topological polar surface area (TPSA) is 71.1 Å². The summed E-state index contributed by atoms with van der Waals surface area (Å²) >= 11 is 0. The zero-order valence-corrected chi connectivity index (χ0v) is 10.8. The number of anilines is 1. The van der Waals surface area contributed by atoms with E-state index in [2.05, 4.69) is 15.0 Å². The highest BCUT2D eigenvalue weighted by molar-refractivity contribution is 7.89. The summed E-state index contributed by atoms with van der Waals surface area (Å²) in [5, 5.41) is 2.83. The van der Waals surface area contributed by atoms with E-state index >= 15 is 0 Å². The first-order valence-electron chi connectivity index (χ1n) is 5.63. The van der Waals surface area contributed by atoms with Crippen LogP contribution in [0.4, 0.5) is 5.82 Å². The number of sulfonamides is 1. The van der Waals surface area contributed by atoms with Crippen LogP contribution >= 0.6 is 0 Å². The fourth-order valence-electron chi connectivity index (χ4n) is 1.91. The Morgan fingerprint density at radius 1 is 1.41 bits per heavy atom. The van der Waals surface area contributed by atoms with Gasteiger partial charge in [-0.25, -0.2) is 18.1 Å². The SMILES string of the molecule is CNc1cc(S(=O)(=O)NC2(C)CCC2)ccn1. The van der Waals surface area contributed by atoms with E-state index < -0.39 is 10.0 Å². The third-order valence-electron chi connectivity index (χ3n) is 3.14. The molecule has 94 valence electrons. The molecule has 0 unspecified atom stereocenters. The lowest BCUT2D eigenvalue weighted by molar-refractivity contribution is 0.248. The zero-order chi connectivity index (χ0) is 12.5. The molecule has 6 heteroatoms. The van der Waals surface area contributed by atoms with Crippen LogP contribution < -0.4 is 10.0 Å². The predicted molar refractivity (Wildman–Crippen MR) is 66.4 cm³/mol. The van der Waals surface area contributed by atoms with Gasteiger partial charge in [-0.1, -0.05) is 0 Å². The number of hydrogen-bond acceptors (Lipinski definition) is 4. The van der Waals surface area contributed by atoms with Crippen LogP contribution in [-0.4, -0.2) is 26.0 Å². The quantitative estimate of drug-likeness (QED) is 0.852. The van der Waals surface area contributed by atoms with Gasteiger partial charge >= 0.3 is 0 Å². The molecule has 1 aromatic rings. The molecule has 0 amide bonds. The summed E-state index contributed by atoms with van der Waals surface area (Å²) in [4.78, 5) is 4.25. The maximum Gasteiger partial charge on any atom is 0.241 e. The Morgan fingerprint density at radius 3 is 2.65 bits per heavy atom. The molecule has 1 aromatic heterocycles. The normalized spacial score (nSPS) is 18.5. The number of nitrogens with one attached hydrogen (secondary N) is 2. The number of hydrogen-bond donors (Lipinski definition) is 2. The molecule has 1 fully saturated rings.